The smallest absolute Gasteiger partial charge is 0.0945 e. The van der Waals surface area contributed by atoms with Crippen LogP contribution in [-0.4, -0.2) is 10.8 Å². The van der Waals surface area contributed by atoms with Gasteiger partial charge in [0.2, 0.25) is 0 Å². The molecule has 90 valence electrons. The summed E-state index contributed by atoms with van der Waals surface area (Å²) in [6.45, 7) is 0. The predicted octanol–water partition coefficient (Wildman–Crippen LogP) is 4.46. The minimum Gasteiger partial charge on any atom is -0.293 e. The summed E-state index contributed by atoms with van der Waals surface area (Å²) in [6.07, 6.45) is 4.18. The van der Waals surface area contributed by atoms with E-state index in [4.69, 9.17) is 5.41 Å². The van der Waals surface area contributed by atoms with Crippen molar-refractivity contribution in [3.63, 3.8) is 0 Å². The molecule has 2 heteroatoms. The molecule has 0 aromatic heterocycles. The lowest BCUT2D eigenvalue weighted by atomic mass is 10.2. The summed E-state index contributed by atoms with van der Waals surface area (Å²) in [5, 5.41) is 8.56. The molecule has 0 spiro atoms. The zero-order valence-corrected chi connectivity index (χ0v) is 10.9. The molecular weight excluding hydrogens is 238 g/mol. The van der Waals surface area contributed by atoms with E-state index in [1.54, 1.807) is 11.8 Å². The lowest BCUT2D eigenvalue weighted by Gasteiger charge is -2.00. The van der Waals surface area contributed by atoms with Crippen LogP contribution in [0.2, 0.25) is 0 Å². The Balaban J connectivity index is 1.83. The zero-order valence-electron chi connectivity index (χ0n) is 10.0. The van der Waals surface area contributed by atoms with Crippen LogP contribution in [0.1, 0.15) is 11.1 Å². The van der Waals surface area contributed by atoms with E-state index in [-0.39, 0.29) is 0 Å². The van der Waals surface area contributed by atoms with Gasteiger partial charge in [0.15, 0.2) is 0 Å². The predicted molar refractivity (Wildman–Crippen MR) is 81.2 cm³/mol. The van der Waals surface area contributed by atoms with Gasteiger partial charge in [-0.15, -0.1) is 11.8 Å². The molecule has 0 heterocycles. The molecule has 0 aliphatic carbocycles. The summed E-state index contributed by atoms with van der Waals surface area (Å²) in [6, 6.07) is 20.0. The van der Waals surface area contributed by atoms with Crippen molar-refractivity contribution in [1.29, 1.82) is 5.41 Å². The van der Waals surface area contributed by atoms with E-state index in [0.717, 1.165) is 11.3 Å². The Bertz CT molecular complexity index is 517. The van der Waals surface area contributed by atoms with Crippen LogP contribution >= 0.6 is 11.8 Å². The normalized spacial score (nSPS) is 10.7. The molecule has 18 heavy (non-hydrogen) atoms. The monoisotopic (exact) mass is 253 g/mol. The van der Waals surface area contributed by atoms with Gasteiger partial charge in [0.1, 0.15) is 0 Å². The number of rotatable bonds is 4. The maximum Gasteiger partial charge on any atom is 0.0945 e. The lowest BCUT2D eigenvalue weighted by Crippen LogP contribution is -1.92. The second-order valence-corrected chi connectivity index (χ2v) is 4.85. The Morgan fingerprint density at radius 1 is 0.944 bits per heavy atom. The fourth-order valence-corrected chi connectivity index (χ4v) is 2.21. The summed E-state index contributed by atoms with van der Waals surface area (Å²) >= 11 is 1.55. The van der Waals surface area contributed by atoms with Gasteiger partial charge >= 0.3 is 0 Å². The van der Waals surface area contributed by atoms with E-state index in [9.17, 15) is 0 Å². The van der Waals surface area contributed by atoms with Crippen molar-refractivity contribution in [3.05, 3.63) is 77.9 Å². The molecule has 0 atom stereocenters. The molecule has 1 N–H and O–H groups in total. The van der Waals surface area contributed by atoms with Gasteiger partial charge in [-0.3, -0.25) is 5.41 Å². The average molecular weight is 253 g/mol. The summed E-state index contributed by atoms with van der Waals surface area (Å²) < 4.78 is 0. The fraction of sp³-hybridized carbons (Fsp3) is 0.0625. The van der Waals surface area contributed by atoms with E-state index >= 15 is 0 Å². The third kappa shape index (κ3) is 3.90. The largest absolute Gasteiger partial charge is 0.293 e. The first-order valence-corrected chi connectivity index (χ1v) is 6.83. The van der Waals surface area contributed by atoms with Crippen molar-refractivity contribution in [1.82, 2.24) is 0 Å². The van der Waals surface area contributed by atoms with Crippen LogP contribution in [0, 0.1) is 5.41 Å². The Labute approximate surface area is 112 Å². The first-order chi connectivity index (χ1) is 8.86. The van der Waals surface area contributed by atoms with Gasteiger partial charge < -0.3 is 0 Å². The molecule has 2 aromatic rings. The van der Waals surface area contributed by atoms with Gasteiger partial charge in [-0.2, -0.15) is 0 Å². The van der Waals surface area contributed by atoms with Gasteiger partial charge in [-0.1, -0.05) is 72.8 Å². The molecule has 0 aliphatic heterocycles. The molecule has 0 saturated carbocycles. The third-order valence-corrected chi connectivity index (χ3v) is 3.35. The maximum atomic E-state index is 7.94. The van der Waals surface area contributed by atoms with Crippen molar-refractivity contribution in [2.24, 2.45) is 0 Å². The SMILES string of the molecule is N=C(SCC=Cc1ccccc1)c1ccccc1. The number of benzene rings is 2. The van der Waals surface area contributed by atoms with Crippen molar-refractivity contribution < 1.29 is 0 Å². The minimum absolute atomic E-state index is 0.619. The Hall–Kier alpha value is -1.80. The van der Waals surface area contributed by atoms with E-state index in [0.29, 0.717) is 5.04 Å². The molecule has 0 saturated heterocycles. The molecule has 0 aliphatic rings. The average Bonchev–Trinajstić information content (AvgIpc) is 2.45. The molecule has 2 rings (SSSR count). The Morgan fingerprint density at radius 3 is 2.22 bits per heavy atom. The number of hydrogen-bond donors (Lipinski definition) is 1. The molecule has 0 amide bonds. The van der Waals surface area contributed by atoms with E-state index in [1.807, 2.05) is 48.5 Å². The van der Waals surface area contributed by atoms with Crippen LogP contribution < -0.4 is 0 Å². The maximum absolute atomic E-state index is 7.94. The molecule has 2 aromatic carbocycles. The topological polar surface area (TPSA) is 23.9 Å². The van der Waals surface area contributed by atoms with Crippen molar-refractivity contribution in [2.45, 2.75) is 0 Å². The number of thioether (sulfide) groups is 1. The first-order valence-electron chi connectivity index (χ1n) is 5.84. The fourth-order valence-electron chi connectivity index (χ4n) is 1.55. The van der Waals surface area contributed by atoms with Gasteiger partial charge in [0.25, 0.3) is 0 Å². The molecule has 0 unspecified atom stereocenters. The van der Waals surface area contributed by atoms with Gasteiger partial charge in [-0.05, 0) is 5.56 Å². The van der Waals surface area contributed by atoms with E-state index in [1.165, 1.54) is 5.56 Å². The molecule has 0 fully saturated rings. The molecule has 0 bridgehead atoms. The first kappa shape index (κ1) is 12.7. The quantitative estimate of drug-likeness (QED) is 0.631. The number of hydrogen-bond acceptors (Lipinski definition) is 2. The van der Waals surface area contributed by atoms with Crippen molar-refractivity contribution in [2.75, 3.05) is 5.75 Å². The van der Waals surface area contributed by atoms with Crippen molar-refractivity contribution >= 4 is 22.9 Å². The zero-order chi connectivity index (χ0) is 12.6. The third-order valence-electron chi connectivity index (χ3n) is 2.47. The van der Waals surface area contributed by atoms with Gasteiger partial charge in [0, 0.05) is 11.3 Å². The lowest BCUT2D eigenvalue weighted by molar-refractivity contribution is 1.52. The van der Waals surface area contributed by atoms with E-state index < -0.39 is 0 Å². The highest BCUT2D eigenvalue weighted by Crippen LogP contribution is 2.12. The molecular formula is C16H15NS. The van der Waals surface area contributed by atoms with Crippen molar-refractivity contribution in [3.8, 4) is 0 Å². The Morgan fingerprint density at radius 2 is 1.56 bits per heavy atom. The van der Waals surface area contributed by atoms with Gasteiger partial charge in [0.05, 0.1) is 5.04 Å². The summed E-state index contributed by atoms with van der Waals surface area (Å²) in [5.74, 6) is 0.822. The second kappa shape index (κ2) is 6.82. The highest BCUT2D eigenvalue weighted by molar-refractivity contribution is 8.14. The molecule has 0 radical (unpaired) electrons. The van der Waals surface area contributed by atoms with Crippen LogP contribution in [0.5, 0.6) is 0 Å². The number of nitrogens with one attached hydrogen (secondary N) is 1. The second-order valence-electron chi connectivity index (χ2n) is 3.82. The standard InChI is InChI=1S/C16H15NS/c17-16(15-11-5-2-6-12-15)18-13-7-10-14-8-3-1-4-9-14/h1-12,17H,13H2. The van der Waals surface area contributed by atoms with Crippen LogP contribution in [0.25, 0.3) is 6.08 Å². The van der Waals surface area contributed by atoms with Crippen LogP contribution in [0.15, 0.2) is 66.7 Å². The summed E-state index contributed by atoms with van der Waals surface area (Å²) in [4.78, 5) is 0. The van der Waals surface area contributed by atoms with Gasteiger partial charge in [-0.25, -0.2) is 0 Å². The molecule has 1 nitrogen and oxygen atoms in total. The van der Waals surface area contributed by atoms with Crippen LogP contribution in [0.3, 0.4) is 0 Å². The van der Waals surface area contributed by atoms with Crippen LogP contribution in [0.4, 0.5) is 0 Å². The highest BCUT2D eigenvalue weighted by Gasteiger charge is 1.98. The summed E-state index contributed by atoms with van der Waals surface area (Å²) in [7, 11) is 0. The van der Waals surface area contributed by atoms with E-state index in [2.05, 4.69) is 24.3 Å². The van der Waals surface area contributed by atoms with Crippen LogP contribution in [-0.2, 0) is 0 Å². The summed E-state index contributed by atoms with van der Waals surface area (Å²) in [5.41, 5.74) is 2.18. The Kier molecular flexibility index (Phi) is 4.79. The minimum atomic E-state index is 0.619. The highest BCUT2D eigenvalue weighted by atomic mass is 32.2.